The molecule has 0 saturated carbocycles. The lowest BCUT2D eigenvalue weighted by atomic mass is 10.1. The molecule has 0 amide bonds. The molecule has 0 aliphatic carbocycles. The average molecular weight is 272 g/mol. The first-order chi connectivity index (χ1) is 8.24. The maximum atomic E-state index is 6.11. The van der Waals surface area contributed by atoms with Crippen LogP contribution in [0.2, 0.25) is 10.2 Å². The predicted octanol–water partition coefficient (Wildman–Crippen LogP) is 3.42. The number of ether oxygens (including phenoxy) is 2. The molecule has 0 saturated heterocycles. The Kier molecular flexibility index (Phi) is 2.61. The largest absolute Gasteiger partial charge is 0.486 e. The van der Waals surface area contributed by atoms with E-state index in [1.165, 1.54) is 0 Å². The van der Waals surface area contributed by atoms with Crippen LogP contribution < -0.4 is 9.47 Å². The number of hydrogen-bond acceptors (Lipinski definition) is 4. The van der Waals surface area contributed by atoms with Gasteiger partial charge in [-0.2, -0.15) is 0 Å². The summed E-state index contributed by atoms with van der Waals surface area (Å²) in [6, 6.07) is 5.15. The van der Waals surface area contributed by atoms with Gasteiger partial charge in [-0.25, -0.2) is 0 Å². The molecule has 1 aliphatic heterocycles. The number of nitrogens with zero attached hydrogens (tertiary/aromatic N) is 1. The minimum Gasteiger partial charge on any atom is -0.486 e. The number of hydrogen-bond donors (Lipinski definition) is 0. The molecule has 2 aromatic rings. The maximum absolute atomic E-state index is 6.11. The van der Waals surface area contributed by atoms with Crippen LogP contribution in [0.15, 0.2) is 22.7 Å². The summed E-state index contributed by atoms with van der Waals surface area (Å²) >= 11 is 11.8. The second-order valence-electron chi connectivity index (χ2n) is 3.50. The molecule has 3 rings (SSSR count). The summed E-state index contributed by atoms with van der Waals surface area (Å²) in [5.41, 5.74) is 1.38. The van der Waals surface area contributed by atoms with E-state index in [-0.39, 0.29) is 5.22 Å². The highest BCUT2D eigenvalue weighted by Gasteiger charge is 2.18. The summed E-state index contributed by atoms with van der Waals surface area (Å²) in [6.45, 7) is 1.01. The summed E-state index contributed by atoms with van der Waals surface area (Å²) in [6.07, 6.45) is 0. The molecule has 1 aromatic heterocycles. The second-order valence-corrected chi connectivity index (χ2v) is 4.28. The molecule has 4 nitrogen and oxygen atoms in total. The van der Waals surface area contributed by atoms with Crippen LogP contribution in [0.1, 0.15) is 0 Å². The third-order valence-corrected chi connectivity index (χ3v) is 2.83. The smallest absolute Gasteiger partial charge is 0.226 e. The number of rotatable bonds is 1. The molecule has 1 aliphatic rings. The summed E-state index contributed by atoms with van der Waals surface area (Å²) in [5, 5.41) is 4.52. The third kappa shape index (κ3) is 1.94. The van der Waals surface area contributed by atoms with Crippen LogP contribution in [-0.2, 0) is 0 Å². The molecule has 88 valence electrons. The van der Waals surface area contributed by atoms with E-state index in [0.29, 0.717) is 35.4 Å². The summed E-state index contributed by atoms with van der Waals surface area (Å²) in [7, 11) is 0. The summed E-state index contributed by atoms with van der Waals surface area (Å²) in [4.78, 5) is 0. The Morgan fingerprint density at radius 2 is 1.88 bits per heavy atom. The van der Waals surface area contributed by atoms with Gasteiger partial charge in [0.05, 0.1) is 5.02 Å². The van der Waals surface area contributed by atoms with E-state index < -0.39 is 0 Å². The molecule has 0 N–H and O–H groups in total. The van der Waals surface area contributed by atoms with Crippen molar-refractivity contribution < 1.29 is 14.0 Å². The Hall–Kier alpha value is -1.39. The molecule has 1 aromatic carbocycles. The fourth-order valence-electron chi connectivity index (χ4n) is 1.65. The van der Waals surface area contributed by atoms with Crippen molar-refractivity contribution in [1.29, 1.82) is 0 Å². The second kappa shape index (κ2) is 4.13. The van der Waals surface area contributed by atoms with Gasteiger partial charge in [0.2, 0.25) is 5.22 Å². The van der Waals surface area contributed by atoms with Crippen molar-refractivity contribution >= 4 is 23.2 Å². The van der Waals surface area contributed by atoms with E-state index in [1.807, 2.05) is 0 Å². The molecule has 0 fully saturated rings. The normalized spacial score (nSPS) is 13.8. The van der Waals surface area contributed by atoms with Gasteiger partial charge in [-0.05, 0) is 23.7 Å². The monoisotopic (exact) mass is 271 g/mol. The van der Waals surface area contributed by atoms with Crippen LogP contribution in [0.3, 0.4) is 0 Å². The van der Waals surface area contributed by atoms with Crippen LogP contribution in [0.4, 0.5) is 0 Å². The highest BCUT2D eigenvalue weighted by Crippen LogP contribution is 2.41. The van der Waals surface area contributed by atoms with Crippen molar-refractivity contribution in [3.05, 3.63) is 28.4 Å². The van der Waals surface area contributed by atoms with Gasteiger partial charge in [-0.15, -0.1) is 0 Å². The number of fused-ring (bicyclic) bond motifs is 1. The highest BCUT2D eigenvalue weighted by molar-refractivity contribution is 6.32. The van der Waals surface area contributed by atoms with E-state index in [4.69, 9.17) is 37.2 Å². The van der Waals surface area contributed by atoms with Crippen LogP contribution in [0, 0.1) is 0 Å². The molecule has 17 heavy (non-hydrogen) atoms. The van der Waals surface area contributed by atoms with Crippen LogP contribution in [0.5, 0.6) is 11.5 Å². The van der Waals surface area contributed by atoms with Gasteiger partial charge in [-0.3, -0.25) is 0 Å². The van der Waals surface area contributed by atoms with Gasteiger partial charge >= 0.3 is 0 Å². The van der Waals surface area contributed by atoms with Crippen molar-refractivity contribution in [2.24, 2.45) is 0 Å². The molecule has 0 spiro atoms. The minimum atomic E-state index is 0.228. The van der Waals surface area contributed by atoms with Gasteiger partial charge < -0.3 is 14.0 Å². The Labute approximate surface area is 107 Å². The Balaban J connectivity index is 2.10. The highest BCUT2D eigenvalue weighted by atomic mass is 35.5. The zero-order valence-corrected chi connectivity index (χ0v) is 10.1. The lowest BCUT2D eigenvalue weighted by Crippen LogP contribution is -2.15. The van der Waals surface area contributed by atoms with Crippen molar-refractivity contribution in [2.75, 3.05) is 13.2 Å². The summed E-state index contributed by atoms with van der Waals surface area (Å²) < 4.78 is 15.7. The van der Waals surface area contributed by atoms with Crippen molar-refractivity contribution in [3.63, 3.8) is 0 Å². The van der Waals surface area contributed by atoms with Crippen molar-refractivity contribution in [1.82, 2.24) is 5.16 Å². The molecule has 0 bridgehead atoms. The molecule has 2 heterocycles. The summed E-state index contributed by atoms with van der Waals surface area (Å²) in [5.74, 6) is 1.18. The maximum Gasteiger partial charge on any atom is 0.226 e. The molecule has 0 radical (unpaired) electrons. The van der Waals surface area contributed by atoms with Crippen LogP contribution in [0.25, 0.3) is 11.3 Å². The first-order valence-electron chi connectivity index (χ1n) is 4.96. The third-order valence-electron chi connectivity index (χ3n) is 2.37. The molecule has 0 unspecified atom stereocenters. The van der Waals surface area contributed by atoms with E-state index in [0.717, 1.165) is 5.56 Å². The van der Waals surface area contributed by atoms with E-state index in [2.05, 4.69) is 5.16 Å². The van der Waals surface area contributed by atoms with Crippen LogP contribution >= 0.6 is 23.2 Å². The Morgan fingerprint density at radius 3 is 2.65 bits per heavy atom. The fraction of sp³-hybridized carbons (Fsp3) is 0.182. The average Bonchev–Trinajstić information content (AvgIpc) is 2.76. The number of benzene rings is 1. The zero-order valence-electron chi connectivity index (χ0n) is 8.57. The van der Waals surface area contributed by atoms with Gasteiger partial charge in [0, 0.05) is 11.6 Å². The standard InChI is InChI=1S/C11H7Cl2NO3/c12-7-3-6(8-5-10(13)17-14-8)4-9-11(7)16-2-1-15-9/h3-5H,1-2H2. The van der Waals surface area contributed by atoms with E-state index >= 15 is 0 Å². The first-order valence-corrected chi connectivity index (χ1v) is 5.71. The van der Waals surface area contributed by atoms with E-state index in [1.54, 1.807) is 18.2 Å². The minimum absolute atomic E-state index is 0.228. The quantitative estimate of drug-likeness (QED) is 0.797. The predicted molar refractivity (Wildman–Crippen MR) is 62.9 cm³/mol. The van der Waals surface area contributed by atoms with Gasteiger partial charge in [0.25, 0.3) is 0 Å². The lowest BCUT2D eigenvalue weighted by molar-refractivity contribution is 0.172. The fourth-order valence-corrected chi connectivity index (χ4v) is 2.05. The van der Waals surface area contributed by atoms with Gasteiger partial charge in [0.15, 0.2) is 11.5 Å². The van der Waals surface area contributed by atoms with Crippen LogP contribution in [-0.4, -0.2) is 18.4 Å². The topological polar surface area (TPSA) is 44.5 Å². The molecular weight excluding hydrogens is 265 g/mol. The van der Waals surface area contributed by atoms with Crippen molar-refractivity contribution in [3.8, 4) is 22.8 Å². The molecular formula is C11H7Cl2NO3. The van der Waals surface area contributed by atoms with E-state index in [9.17, 15) is 0 Å². The SMILES string of the molecule is Clc1cc(-c2cc(Cl)c3c(c2)OCCO3)no1. The zero-order chi connectivity index (χ0) is 11.8. The Morgan fingerprint density at radius 1 is 1.06 bits per heavy atom. The number of halogens is 2. The van der Waals surface area contributed by atoms with Gasteiger partial charge in [-0.1, -0.05) is 16.8 Å². The Bertz CT molecular complexity index is 568. The van der Waals surface area contributed by atoms with Gasteiger partial charge in [0.1, 0.15) is 18.9 Å². The lowest BCUT2D eigenvalue weighted by Gasteiger charge is -2.19. The number of aromatic nitrogens is 1. The molecule has 0 atom stereocenters. The van der Waals surface area contributed by atoms with Crippen molar-refractivity contribution in [2.45, 2.75) is 0 Å². The molecule has 6 heteroatoms. The first kappa shape index (κ1) is 10.7.